The minimum Gasteiger partial charge on any atom is -0.454 e. The first kappa shape index (κ1) is 31.6. The fraction of sp³-hybridized carbons (Fsp3) is 0. The average Bonchev–Trinajstić information content (AvgIpc) is 3.64. The van der Waals surface area contributed by atoms with E-state index in [-0.39, 0.29) is 0 Å². The molecule has 0 saturated carbocycles. The van der Waals surface area contributed by atoms with Crippen LogP contribution in [0.2, 0.25) is 0 Å². The van der Waals surface area contributed by atoms with E-state index in [1.165, 1.54) is 44.2 Å². The molecular formula is C52H35NO. The summed E-state index contributed by atoms with van der Waals surface area (Å²) in [6, 6.07) is 75.9. The van der Waals surface area contributed by atoms with Gasteiger partial charge >= 0.3 is 0 Å². The van der Waals surface area contributed by atoms with E-state index in [1.54, 1.807) is 0 Å². The third-order valence-electron chi connectivity index (χ3n) is 10.4. The molecule has 0 fully saturated rings. The molecule has 10 aromatic rings. The number of fused-ring (bicyclic) bond motifs is 4. The first-order valence-electron chi connectivity index (χ1n) is 18.4. The molecule has 0 unspecified atom stereocenters. The highest BCUT2D eigenvalue weighted by Crippen LogP contribution is 2.46. The normalized spacial score (nSPS) is 11.3. The highest BCUT2D eigenvalue weighted by atomic mass is 16.3. The van der Waals surface area contributed by atoms with E-state index in [0.717, 1.165) is 50.1 Å². The van der Waals surface area contributed by atoms with Crippen molar-refractivity contribution in [2.45, 2.75) is 0 Å². The number of benzene rings is 9. The SMILES string of the molecule is c1ccc(-c2cc(-c3cccc(N(c4ccc(-c5ccccc5)c(-c5ccccc5)c4)c4cccc5c4oc4ccccc45)c3)c3ccccc3c2)cc1. The molecule has 1 heterocycles. The maximum Gasteiger partial charge on any atom is 0.159 e. The standard InChI is InChI=1S/C52H35NO/c1-4-16-36(17-5-1)41-32-39-22-10-11-25-44(39)48(34-41)40-23-14-24-42(33-40)53(50-28-15-27-47-46-26-12-13-29-51(46)54-52(47)50)43-30-31-45(37-18-6-2-7-19-37)49(35-43)38-20-8-3-9-21-38/h1-35H. The van der Waals surface area contributed by atoms with Gasteiger partial charge in [-0.05, 0) is 104 Å². The molecule has 0 atom stereocenters. The Morgan fingerprint density at radius 1 is 0.315 bits per heavy atom. The fourth-order valence-corrected chi connectivity index (χ4v) is 7.89. The molecule has 0 saturated heterocycles. The summed E-state index contributed by atoms with van der Waals surface area (Å²) in [5.74, 6) is 0. The Morgan fingerprint density at radius 2 is 0.907 bits per heavy atom. The summed E-state index contributed by atoms with van der Waals surface area (Å²) < 4.78 is 6.71. The van der Waals surface area contributed by atoms with Crippen molar-refractivity contribution in [3.8, 4) is 44.5 Å². The van der Waals surface area contributed by atoms with Crippen molar-refractivity contribution >= 4 is 49.8 Å². The van der Waals surface area contributed by atoms with Crippen LogP contribution in [0.4, 0.5) is 17.1 Å². The van der Waals surface area contributed by atoms with E-state index in [4.69, 9.17) is 4.42 Å². The van der Waals surface area contributed by atoms with Crippen LogP contribution in [-0.4, -0.2) is 0 Å². The Balaban J connectivity index is 1.22. The number of anilines is 3. The van der Waals surface area contributed by atoms with Gasteiger partial charge in [0.2, 0.25) is 0 Å². The third kappa shape index (κ3) is 5.62. The van der Waals surface area contributed by atoms with Crippen LogP contribution in [0, 0.1) is 0 Å². The minimum absolute atomic E-state index is 0.856. The Hall–Kier alpha value is -7.16. The fourth-order valence-electron chi connectivity index (χ4n) is 7.89. The van der Waals surface area contributed by atoms with Crippen molar-refractivity contribution in [1.82, 2.24) is 0 Å². The molecule has 2 heteroatoms. The van der Waals surface area contributed by atoms with E-state index >= 15 is 0 Å². The topological polar surface area (TPSA) is 16.4 Å². The first-order valence-corrected chi connectivity index (χ1v) is 18.4. The molecule has 0 bridgehead atoms. The zero-order valence-corrected chi connectivity index (χ0v) is 29.6. The lowest BCUT2D eigenvalue weighted by Gasteiger charge is -2.27. The predicted octanol–water partition coefficient (Wildman–Crippen LogP) is 14.9. The lowest BCUT2D eigenvalue weighted by atomic mass is 9.92. The molecule has 9 aromatic carbocycles. The Kier molecular flexibility index (Phi) is 7.85. The Morgan fingerprint density at radius 3 is 1.69 bits per heavy atom. The zero-order chi connectivity index (χ0) is 35.8. The zero-order valence-electron chi connectivity index (χ0n) is 29.6. The molecule has 1 aromatic heterocycles. The molecule has 0 N–H and O–H groups in total. The molecule has 0 spiro atoms. The highest BCUT2D eigenvalue weighted by Gasteiger charge is 2.22. The van der Waals surface area contributed by atoms with Gasteiger partial charge in [-0.2, -0.15) is 0 Å². The number of rotatable bonds is 7. The largest absolute Gasteiger partial charge is 0.454 e. The molecular weight excluding hydrogens is 655 g/mol. The molecule has 0 radical (unpaired) electrons. The molecule has 0 aliphatic rings. The van der Waals surface area contributed by atoms with Crippen molar-refractivity contribution in [3.05, 3.63) is 212 Å². The highest BCUT2D eigenvalue weighted by molar-refractivity contribution is 6.10. The predicted molar refractivity (Wildman–Crippen MR) is 228 cm³/mol. The Labute approximate surface area is 314 Å². The van der Waals surface area contributed by atoms with Gasteiger partial charge in [0.25, 0.3) is 0 Å². The molecule has 54 heavy (non-hydrogen) atoms. The van der Waals surface area contributed by atoms with E-state index in [0.29, 0.717) is 0 Å². The van der Waals surface area contributed by atoms with Gasteiger partial charge in [-0.1, -0.05) is 164 Å². The maximum atomic E-state index is 6.71. The van der Waals surface area contributed by atoms with Crippen molar-refractivity contribution in [2.24, 2.45) is 0 Å². The van der Waals surface area contributed by atoms with E-state index in [2.05, 4.69) is 211 Å². The van der Waals surface area contributed by atoms with Gasteiger partial charge in [0, 0.05) is 22.1 Å². The van der Waals surface area contributed by atoms with Crippen LogP contribution in [0.3, 0.4) is 0 Å². The number of nitrogens with zero attached hydrogens (tertiary/aromatic N) is 1. The van der Waals surface area contributed by atoms with Gasteiger partial charge in [0.05, 0.1) is 5.69 Å². The quantitative estimate of drug-likeness (QED) is 0.166. The van der Waals surface area contributed by atoms with Crippen LogP contribution in [0.1, 0.15) is 0 Å². The second-order valence-corrected chi connectivity index (χ2v) is 13.7. The monoisotopic (exact) mass is 689 g/mol. The first-order chi connectivity index (χ1) is 26.8. The maximum absolute atomic E-state index is 6.71. The van der Waals surface area contributed by atoms with Crippen molar-refractivity contribution in [1.29, 1.82) is 0 Å². The van der Waals surface area contributed by atoms with Crippen molar-refractivity contribution < 1.29 is 4.42 Å². The van der Waals surface area contributed by atoms with Gasteiger partial charge in [-0.25, -0.2) is 0 Å². The van der Waals surface area contributed by atoms with Crippen molar-refractivity contribution in [3.63, 3.8) is 0 Å². The number of hydrogen-bond acceptors (Lipinski definition) is 2. The van der Waals surface area contributed by atoms with Gasteiger partial charge in [0.1, 0.15) is 5.58 Å². The number of furan rings is 1. The van der Waals surface area contributed by atoms with E-state index < -0.39 is 0 Å². The average molecular weight is 690 g/mol. The van der Waals surface area contributed by atoms with Crippen LogP contribution in [0.25, 0.3) is 77.2 Å². The summed E-state index contributed by atoms with van der Waals surface area (Å²) in [6.45, 7) is 0. The van der Waals surface area contributed by atoms with E-state index in [9.17, 15) is 0 Å². The van der Waals surface area contributed by atoms with Crippen LogP contribution >= 0.6 is 0 Å². The second kappa shape index (κ2) is 13.4. The van der Waals surface area contributed by atoms with Crippen molar-refractivity contribution in [2.75, 3.05) is 4.90 Å². The third-order valence-corrected chi connectivity index (χ3v) is 10.4. The van der Waals surface area contributed by atoms with Crippen LogP contribution in [0.15, 0.2) is 217 Å². The minimum atomic E-state index is 0.856. The molecule has 10 rings (SSSR count). The summed E-state index contributed by atoms with van der Waals surface area (Å²) in [4.78, 5) is 2.36. The van der Waals surface area contributed by atoms with Gasteiger partial charge in [-0.15, -0.1) is 0 Å². The smallest absolute Gasteiger partial charge is 0.159 e. The van der Waals surface area contributed by atoms with Crippen LogP contribution in [0.5, 0.6) is 0 Å². The molecule has 0 aliphatic heterocycles. The number of para-hydroxylation sites is 2. The summed E-state index contributed by atoms with van der Waals surface area (Å²) in [5, 5.41) is 4.64. The number of hydrogen-bond donors (Lipinski definition) is 0. The van der Waals surface area contributed by atoms with Crippen LogP contribution in [-0.2, 0) is 0 Å². The summed E-state index contributed by atoms with van der Waals surface area (Å²) in [7, 11) is 0. The molecule has 254 valence electrons. The van der Waals surface area contributed by atoms with Gasteiger partial charge in [0.15, 0.2) is 5.58 Å². The summed E-state index contributed by atoms with van der Waals surface area (Å²) in [6.07, 6.45) is 0. The molecule has 2 nitrogen and oxygen atoms in total. The lowest BCUT2D eigenvalue weighted by Crippen LogP contribution is -2.10. The van der Waals surface area contributed by atoms with Crippen LogP contribution < -0.4 is 4.90 Å². The Bertz CT molecular complexity index is 2930. The summed E-state index contributed by atoms with van der Waals surface area (Å²) in [5.41, 5.74) is 14.2. The lowest BCUT2D eigenvalue weighted by molar-refractivity contribution is 0.669. The summed E-state index contributed by atoms with van der Waals surface area (Å²) >= 11 is 0. The molecule has 0 amide bonds. The second-order valence-electron chi connectivity index (χ2n) is 13.7. The molecule has 0 aliphatic carbocycles. The van der Waals surface area contributed by atoms with Gasteiger partial charge in [-0.3, -0.25) is 0 Å². The van der Waals surface area contributed by atoms with Gasteiger partial charge < -0.3 is 9.32 Å². The van der Waals surface area contributed by atoms with E-state index in [1.807, 2.05) is 6.07 Å².